The Labute approximate surface area is 119 Å². The first-order valence-corrected chi connectivity index (χ1v) is 7.23. The highest BCUT2D eigenvalue weighted by Crippen LogP contribution is 2.38. The summed E-state index contributed by atoms with van der Waals surface area (Å²) in [6, 6.07) is 13.8. The third kappa shape index (κ3) is 1.31. The van der Waals surface area contributed by atoms with Gasteiger partial charge in [-0.25, -0.2) is 0 Å². The van der Waals surface area contributed by atoms with E-state index in [2.05, 4.69) is 64.1 Å². The van der Waals surface area contributed by atoms with Crippen molar-refractivity contribution in [1.29, 1.82) is 0 Å². The van der Waals surface area contributed by atoms with Crippen molar-refractivity contribution in [2.24, 2.45) is 0 Å². The lowest BCUT2D eigenvalue weighted by Gasteiger charge is -2.16. The molecule has 0 unspecified atom stereocenters. The van der Waals surface area contributed by atoms with Crippen molar-refractivity contribution in [2.45, 2.75) is 27.7 Å². The molecule has 0 nitrogen and oxygen atoms in total. The fourth-order valence-corrected chi connectivity index (χ4v) is 3.52. The van der Waals surface area contributed by atoms with Crippen LogP contribution < -0.4 is 0 Å². The van der Waals surface area contributed by atoms with E-state index >= 15 is 0 Å². The molecule has 4 aromatic carbocycles. The van der Waals surface area contributed by atoms with Crippen LogP contribution in [0.2, 0.25) is 0 Å². The van der Waals surface area contributed by atoms with Gasteiger partial charge < -0.3 is 0 Å². The van der Waals surface area contributed by atoms with Crippen LogP contribution in [0, 0.1) is 27.7 Å². The lowest BCUT2D eigenvalue weighted by atomic mass is 9.88. The van der Waals surface area contributed by atoms with Gasteiger partial charge in [-0.05, 0) is 82.3 Å². The van der Waals surface area contributed by atoms with Gasteiger partial charge in [-0.3, -0.25) is 0 Å². The van der Waals surface area contributed by atoms with E-state index in [0.717, 1.165) is 0 Å². The first-order chi connectivity index (χ1) is 9.58. The summed E-state index contributed by atoms with van der Waals surface area (Å²) in [7, 11) is 0. The summed E-state index contributed by atoms with van der Waals surface area (Å²) >= 11 is 0. The zero-order valence-electron chi connectivity index (χ0n) is 12.5. The van der Waals surface area contributed by atoms with Crippen molar-refractivity contribution in [3.8, 4) is 0 Å². The van der Waals surface area contributed by atoms with Crippen LogP contribution in [0.25, 0.3) is 32.3 Å². The SMILES string of the molecule is Cc1cc2ccc3c(C)c(C)cc4ccc(c1C)c2c43. The lowest BCUT2D eigenvalue weighted by Crippen LogP contribution is -1.92. The second-order valence-corrected chi connectivity index (χ2v) is 6.06. The highest BCUT2D eigenvalue weighted by atomic mass is 14.2. The smallest absolute Gasteiger partial charge is 0.00238 e. The molecule has 0 aromatic heterocycles. The van der Waals surface area contributed by atoms with Crippen LogP contribution in [0.3, 0.4) is 0 Å². The quantitative estimate of drug-likeness (QED) is 0.349. The Kier molecular flexibility index (Phi) is 2.18. The Bertz CT molecular complexity index is 892. The van der Waals surface area contributed by atoms with Gasteiger partial charge in [0.1, 0.15) is 0 Å². The topological polar surface area (TPSA) is 0 Å². The second kappa shape index (κ2) is 3.73. The normalized spacial score (nSPS) is 12.0. The first-order valence-electron chi connectivity index (χ1n) is 7.23. The molecule has 98 valence electrons. The summed E-state index contributed by atoms with van der Waals surface area (Å²) < 4.78 is 0. The minimum absolute atomic E-state index is 1.37. The van der Waals surface area contributed by atoms with Crippen LogP contribution in [-0.4, -0.2) is 0 Å². The number of hydrogen-bond donors (Lipinski definition) is 0. The largest absolute Gasteiger partial charge is 0.0537 e. The summed E-state index contributed by atoms with van der Waals surface area (Å²) in [6.45, 7) is 8.89. The summed E-state index contributed by atoms with van der Waals surface area (Å²) in [5.41, 5.74) is 5.57. The molecule has 0 aliphatic rings. The predicted octanol–water partition coefficient (Wildman–Crippen LogP) is 5.82. The second-order valence-electron chi connectivity index (χ2n) is 6.06. The summed E-state index contributed by atoms with van der Waals surface area (Å²) in [4.78, 5) is 0. The van der Waals surface area contributed by atoms with Crippen molar-refractivity contribution >= 4 is 32.3 Å². The molecule has 0 N–H and O–H groups in total. The fraction of sp³-hybridized carbons (Fsp3) is 0.200. The van der Waals surface area contributed by atoms with Gasteiger partial charge >= 0.3 is 0 Å². The molecule has 0 radical (unpaired) electrons. The number of rotatable bonds is 0. The Morgan fingerprint density at radius 1 is 0.550 bits per heavy atom. The van der Waals surface area contributed by atoms with Crippen LogP contribution >= 0.6 is 0 Å². The molecule has 4 rings (SSSR count). The first kappa shape index (κ1) is 11.7. The highest BCUT2D eigenvalue weighted by molar-refractivity contribution is 6.24. The molecule has 0 heterocycles. The van der Waals surface area contributed by atoms with E-state index in [4.69, 9.17) is 0 Å². The maximum absolute atomic E-state index is 2.33. The van der Waals surface area contributed by atoms with E-state index in [1.807, 2.05) is 0 Å². The molecule has 20 heavy (non-hydrogen) atoms. The molecule has 0 bridgehead atoms. The van der Waals surface area contributed by atoms with Crippen molar-refractivity contribution in [3.63, 3.8) is 0 Å². The standard InChI is InChI=1S/C20H18/c1-11-9-15-5-8-18-14(4)12(2)10-16-6-7-17(13(11)3)19(15)20(16)18/h5-10H,1-4H3. The molecule has 0 heteroatoms. The van der Waals surface area contributed by atoms with E-state index in [1.165, 1.54) is 54.6 Å². The van der Waals surface area contributed by atoms with E-state index in [0.29, 0.717) is 0 Å². The molecule has 0 fully saturated rings. The summed E-state index contributed by atoms with van der Waals surface area (Å²) in [6.07, 6.45) is 0. The van der Waals surface area contributed by atoms with Crippen molar-refractivity contribution in [2.75, 3.05) is 0 Å². The zero-order chi connectivity index (χ0) is 14.0. The maximum Gasteiger partial charge on any atom is -0.00238 e. The van der Waals surface area contributed by atoms with Crippen LogP contribution in [-0.2, 0) is 0 Å². The van der Waals surface area contributed by atoms with Crippen molar-refractivity contribution in [1.82, 2.24) is 0 Å². The molecule has 0 amide bonds. The van der Waals surface area contributed by atoms with Gasteiger partial charge in [0.2, 0.25) is 0 Å². The van der Waals surface area contributed by atoms with E-state index in [1.54, 1.807) is 0 Å². The Balaban J connectivity index is 2.42. The third-order valence-corrected chi connectivity index (χ3v) is 4.96. The average molecular weight is 258 g/mol. The molecule has 0 saturated heterocycles. The average Bonchev–Trinajstić information content (AvgIpc) is 2.44. The number of aryl methyl sites for hydroxylation is 4. The van der Waals surface area contributed by atoms with Crippen LogP contribution in [0.5, 0.6) is 0 Å². The molecular weight excluding hydrogens is 240 g/mol. The molecule has 0 spiro atoms. The van der Waals surface area contributed by atoms with Gasteiger partial charge in [-0.2, -0.15) is 0 Å². The predicted molar refractivity (Wildman–Crippen MR) is 89.1 cm³/mol. The Morgan fingerprint density at radius 2 is 0.950 bits per heavy atom. The van der Waals surface area contributed by atoms with Gasteiger partial charge in [0.15, 0.2) is 0 Å². The Morgan fingerprint density at radius 3 is 1.35 bits per heavy atom. The molecular formula is C20H18. The molecule has 0 aliphatic carbocycles. The van der Waals surface area contributed by atoms with Crippen LogP contribution in [0.15, 0.2) is 36.4 Å². The van der Waals surface area contributed by atoms with Gasteiger partial charge in [-0.15, -0.1) is 0 Å². The minimum atomic E-state index is 1.37. The van der Waals surface area contributed by atoms with E-state index in [-0.39, 0.29) is 0 Å². The monoisotopic (exact) mass is 258 g/mol. The minimum Gasteiger partial charge on any atom is -0.0537 e. The van der Waals surface area contributed by atoms with Crippen LogP contribution in [0.1, 0.15) is 22.3 Å². The Hall–Kier alpha value is -2.08. The van der Waals surface area contributed by atoms with Gasteiger partial charge in [0.05, 0.1) is 0 Å². The van der Waals surface area contributed by atoms with Crippen LogP contribution in [0.4, 0.5) is 0 Å². The summed E-state index contributed by atoms with van der Waals surface area (Å²) in [5.74, 6) is 0. The van der Waals surface area contributed by atoms with Gasteiger partial charge in [0, 0.05) is 0 Å². The van der Waals surface area contributed by atoms with Crippen molar-refractivity contribution < 1.29 is 0 Å². The number of hydrogen-bond acceptors (Lipinski definition) is 0. The van der Waals surface area contributed by atoms with Gasteiger partial charge in [-0.1, -0.05) is 36.4 Å². The van der Waals surface area contributed by atoms with E-state index < -0.39 is 0 Å². The molecule has 0 aliphatic heterocycles. The molecule has 4 aromatic rings. The zero-order valence-corrected chi connectivity index (χ0v) is 12.5. The fourth-order valence-electron chi connectivity index (χ4n) is 3.52. The maximum atomic E-state index is 2.33. The van der Waals surface area contributed by atoms with Gasteiger partial charge in [0.25, 0.3) is 0 Å². The molecule has 0 saturated carbocycles. The third-order valence-electron chi connectivity index (χ3n) is 4.96. The highest BCUT2D eigenvalue weighted by Gasteiger charge is 2.13. The molecule has 0 atom stereocenters. The lowest BCUT2D eigenvalue weighted by molar-refractivity contribution is 1.38. The van der Waals surface area contributed by atoms with Crippen molar-refractivity contribution in [3.05, 3.63) is 58.7 Å². The summed E-state index contributed by atoms with van der Waals surface area (Å²) in [5, 5.41) is 8.41. The van der Waals surface area contributed by atoms with E-state index in [9.17, 15) is 0 Å². The number of benzene rings is 4.